The molecule has 2 aromatic carbocycles. The monoisotopic (exact) mass is 417 g/mol. The molecule has 0 atom stereocenters. The normalized spacial score (nSPS) is 20.0. The van der Waals surface area contributed by atoms with E-state index < -0.39 is 0 Å². The van der Waals surface area contributed by atoms with Crippen LogP contribution in [0.4, 0.5) is 5.69 Å². The number of rotatable bonds is 5. The van der Waals surface area contributed by atoms with Gasteiger partial charge >= 0.3 is 0 Å². The highest BCUT2D eigenvalue weighted by molar-refractivity contribution is 9.10. The number of quaternary nitrogens is 2. The third kappa shape index (κ3) is 5.16. The lowest BCUT2D eigenvalue weighted by atomic mass is 10.1. The van der Waals surface area contributed by atoms with Gasteiger partial charge in [-0.1, -0.05) is 30.3 Å². The van der Waals surface area contributed by atoms with E-state index >= 15 is 0 Å². The van der Waals surface area contributed by atoms with E-state index in [4.69, 9.17) is 0 Å². The number of benzene rings is 2. The lowest BCUT2D eigenvalue weighted by Crippen LogP contribution is -3.28. The fraction of sp³-hybridized carbons (Fsp3) is 0.381. The molecule has 1 heterocycles. The maximum atomic E-state index is 12.4. The lowest BCUT2D eigenvalue weighted by molar-refractivity contribution is -1.02. The zero-order chi connectivity index (χ0) is 18.5. The van der Waals surface area contributed by atoms with Crippen molar-refractivity contribution in [3.63, 3.8) is 0 Å². The molecule has 3 rings (SSSR count). The van der Waals surface area contributed by atoms with Crippen molar-refractivity contribution in [2.45, 2.75) is 20.4 Å². The number of hydrogen-bond acceptors (Lipinski definition) is 1. The topological polar surface area (TPSA) is 38.0 Å². The Morgan fingerprint density at radius 2 is 1.73 bits per heavy atom. The summed E-state index contributed by atoms with van der Waals surface area (Å²) in [6.07, 6.45) is 0. The van der Waals surface area contributed by atoms with Gasteiger partial charge in [0.25, 0.3) is 5.91 Å². The summed E-state index contributed by atoms with van der Waals surface area (Å²) < 4.78 is 0.938. The molecule has 0 aliphatic carbocycles. The van der Waals surface area contributed by atoms with Crippen molar-refractivity contribution in [2.75, 3.05) is 38.0 Å². The molecule has 5 heteroatoms. The van der Waals surface area contributed by atoms with Gasteiger partial charge in [0.05, 0.1) is 5.69 Å². The van der Waals surface area contributed by atoms with E-state index in [1.54, 1.807) is 4.90 Å². The van der Waals surface area contributed by atoms with E-state index in [9.17, 15) is 4.79 Å². The van der Waals surface area contributed by atoms with E-state index in [0.29, 0.717) is 6.54 Å². The van der Waals surface area contributed by atoms with Crippen molar-refractivity contribution >= 4 is 27.5 Å². The number of hydrogen-bond donors (Lipinski definition) is 3. The Bertz CT molecular complexity index is 770. The largest absolute Gasteiger partial charge is 0.322 e. The fourth-order valence-corrected chi connectivity index (χ4v) is 4.12. The first kappa shape index (κ1) is 19.1. The number of amides is 1. The van der Waals surface area contributed by atoms with Crippen LogP contribution in [0.5, 0.6) is 0 Å². The van der Waals surface area contributed by atoms with Crippen LogP contribution in [-0.2, 0) is 11.3 Å². The molecule has 1 fully saturated rings. The average Bonchev–Trinajstić information content (AvgIpc) is 2.61. The van der Waals surface area contributed by atoms with Crippen LogP contribution < -0.4 is 15.1 Å². The number of aryl methyl sites for hydroxylation is 2. The van der Waals surface area contributed by atoms with Gasteiger partial charge in [-0.2, -0.15) is 0 Å². The predicted octanol–water partition coefficient (Wildman–Crippen LogP) is 0.988. The SMILES string of the molecule is Cc1ccc(NC(=O)C[NH+]2CC[NH+](Cc3ccccc3C)CC2)c(Br)c1. The second kappa shape index (κ2) is 8.80. The predicted molar refractivity (Wildman–Crippen MR) is 109 cm³/mol. The summed E-state index contributed by atoms with van der Waals surface area (Å²) in [5.41, 5.74) is 4.84. The summed E-state index contributed by atoms with van der Waals surface area (Å²) in [5, 5.41) is 3.03. The van der Waals surface area contributed by atoms with Gasteiger partial charge in [-0.3, -0.25) is 4.79 Å². The van der Waals surface area contributed by atoms with Crippen LogP contribution in [0.15, 0.2) is 46.9 Å². The standard InChI is InChI=1S/C21H26BrN3O/c1-16-7-8-20(19(22)13-16)23-21(26)15-25-11-9-24(10-12-25)14-18-6-4-3-5-17(18)2/h3-8,13H,9-12,14-15H2,1-2H3,(H,23,26)/p+2. The van der Waals surface area contributed by atoms with Gasteiger partial charge < -0.3 is 15.1 Å². The summed E-state index contributed by atoms with van der Waals surface area (Å²) in [7, 11) is 0. The molecule has 1 saturated heterocycles. The first-order chi connectivity index (χ1) is 12.5. The average molecular weight is 418 g/mol. The molecule has 3 N–H and O–H groups in total. The van der Waals surface area contributed by atoms with Crippen LogP contribution in [0.1, 0.15) is 16.7 Å². The second-order valence-corrected chi connectivity index (χ2v) is 8.17. The maximum absolute atomic E-state index is 12.4. The maximum Gasteiger partial charge on any atom is 0.279 e. The first-order valence-corrected chi connectivity index (χ1v) is 10.1. The molecule has 26 heavy (non-hydrogen) atoms. The van der Waals surface area contributed by atoms with Crippen molar-refractivity contribution < 1.29 is 14.6 Å². The fourth-order valence-electron chi connectivity index (χ4n) is 3.53. The number of halogens is 1. The number of anilines is 1. The molecule has 0 unspecified atom stereocenters. The molecule has 0 radical (unpaired) electrons. The Morgan fingerprint density at radius 3 is 2.42 bits per heavy atom. The number of piperazine rings is 1. The minimum atomic E-state index is 0.0897. The van der Waals surface area contributed by atoms with Gasteiger partial charge in [-0.05, 0) is 53.0 Å². The second-order valence-electron chi connectivity index (χ2n) is 7.31. The number of carbonyl (C=O) groups is 1. The van der Waals surface area contributed by atoms with Crippen molar-refractivity contribution in [1.82, 2.24) is 0 Å². The van der Waals surface area contributed by atoms with Crippen LogP contribution in [0.25, 0.3) is 0 Å². The summed E-state index contributed by atoms with van der Waals surface area (Å²) in [5.74, 6) is 0.0897. The Labute approximate surface area is 164 Å². The summed E-state index contributed by atoms with van der Waals surface area (Å²) in [6.45, 7) is 10.2. The molecular weight excluding hydrogens is 390 g/mol. The Hall–Kier alpha value is -1.69. The number of carbonyl (C=O) groups excluding carboxylic acids is 1. The molecule has 0 bridgehead atoms. The summed E-state index contributed by atoms with van der Waals surface area (Å²) in [4.78, 5) is 15.4. The van der Waals surface area contributed by atoms with Crippen molar-refractivity contribution in [3.05, 3.63) is 63.6 Å². The Balaban J connectivity index is 1.46. The van der Waals surface area contributed by atoms with Crippen molar-refractivity contribution in [1.29, 1.82) is 0 Å². The Morgan fingerprint density at radius 1 is 1.04 bits per heavy atom. The molecule has 1 aliphatic heterocycles. The van der Waals surface area contributed by atoms with E-state index in [1.165, 1.54) is 21.6 Å². The van der Waals surface area contributed by atoms with Gasteiger partial charge in [0, 0.05) is 10.0 Å². The van der Waals surface area contributed by atoms with Crippen molar-refractivity contribution in [2.24, 2.45) is 0 Å². The molecular formula is C21H28BrN3O+2. The van der Waals surface area contributed by atoms with Crippen LogP contribution in [0.2, 0.25) is 0 Å². The van der Waals surface area contributed by atoms with Crippen LogP contribution in [-0.4, -0.2) is 38.6 Å². The van der Waals surface area contributed by atoms with Crippen molar-refractivity contribution in [3.8, 4) is 0 Å². The van der Waals surface area contributed by atoms with Gasteiger partial charge in [0.1, 0.15) is 32.7 Å². The molecule has 0 aromatic heterocycles. The van der Waals surface area contributed by atoms with Gasteiger partial charge in [0.15, 0.2) is 6.54 Å². The summed E-state index contributed by atoms with van der Waals surface area (Å²) in [6, 6.07) is 14.6. The minimum absolute atomic E-state index is 0.0897. The summed E-state index contributed by atoms with van der Waals surface area (Å²) >= 11 is 3.52. The van der Waals surface area contributed by atoms with Gasteiger partial charge in [-0.25, -0.2) is 0 Å². The molecule has 1 amide bonds. The smallest absolute Gasteiger partial charge is 0.279 e. The molecule has 2 aromatic rings. The zero-order valence-corrected chi connectivity index (χ0v) is 17.2. The lowest BCUT2D eigenvalue weighted by Gasteiger charge is -2.29. The first-order valence-electron chi connectivity index (χ1n) is 9.29. The molecule has 1 aliphatic rings. The Kier molecular flexibility index (Phi) is 6.46. The van der Waals surface area contributed by atoms with E-state index in [1.807, 2.05) is 25.1 Å². The van der Waals surface area contributed by atoms with Crippen LogP contribution in [0.3, 0.4) is 0 Å². The van der Waals surface area contributed by atoms with E-state index in [0.717, 1.165) is 42.9 Å². The van der Waals surface area contributed by atoms with Crippen LogP contribution >= 0.6 is 15.9 Å². The van der Waals surface area contributed by atoms with E-state index in [-0.39, 0.29) is 5.91 Å². The van der Waals surface area contributed by atoms with E-state index in [2.05, 4.69) is 52.4 Å². The molecule has 0 saturated carbocycles. The van der Waals surface area contributed by atoms with Gasteiger partial charge in [0.2, 0.25) is 0 Å². The highest BCUT2D eigenvalue weighted by Gasteiger charge is 2.25. The zero-order valence-electron chi connectivity index (χ0n) is 15.6. The quantitative estimate of drug-likeness (QED) is 0.666. The molecule has 138 valence electrons. The van der Waals surface area contributed by atoms with Gasteiger partial charge in [-0.15, -0.1) is 0 Å². The highest BCUT2D eigenvalue weighted by Crippen LogP contribution is 2.23. The molecule has 0 spiro atoms. The third-order valence-corrected chi connectivity index (χ3v) is 5.83. The van der Waals surface area contributed by atoms with Crippen LogP contribution in [0, 0.1) is 13.8 Å². The minimum Gasteiger partial charge on any atom is -0.322 e. The third-order valence-electron chi connectivity index (χ3n) is 5.18. The highest BCUT2D eigenvalue weighted by atomic mass is 79.9. The molecule has 4 nitrogen and oxygen atoms in total. The number of nitrogens with one attached hydrogen (secondary N) is 3.